The van der Waals surface area contributed by atoms with Gasteiger partial charge in [0.15, 0.2) is 11.5 Å². The SMILES string of the molecule is CCCOc1cc(N(C)C)ccc1-c1cc(=O)[nH]c2cc3c(cc12)OCO3. The summed E-state index contributed by atoms with van der Waals surface area (Å²) in [5.41, 5.74) is 3.26. The van der Waals surface area contributed by atoms with Gasteiger partial charge in [-0.1, -0.05) is 6.92 Å². The zero-order valence-electron chi connectivity index (χ0n) is 15.7. The van der Waals surface area contributed by atoms with E-state index in [1.807, 2.05) is 49.3 Å². The van der Waals surface area contributed by atoms with Crippen molar-refractivity contribution < 1.29 is 14.2 Å². The highest BCUT2D eigenvalue weighted by Crippen LogP contribution is 2.41. The third-order valence-electron chi connectivity index (χ3n) is 4.57. The molecule has 0 radical (unpaired) electrons. The molecule has 0 unspecified atom stereocenters. The molecule has 2 aromatic carbocycles. The molecular weight excluding hydrogens is 344 g/mol. The number of hydrogen-bond donors (Lipinski definition) is 1. The van der Waals surface area contributed by atoms with Crippen LogP contribution in [0, 0.1) is 0 Å². The van der Waals surface area contributed by atoms with E-state index in [-0.39, 0.29) is 12.4 Å². The maximum Gasteiger partial charge on any atom is 0.249 e. The Morgan fingerprint density at radius 2 is 1.85 bits per heavy atom. The quantitative estimate of drug-likeness (QED) is 0.744. The number of fused-ring (bicyclic) bond motifs is 2. The molecular formula is C21H22N2O4. The maximum absolute atomic E-state index is 12.3. The summed E-state index contributed by atoms with van der Waals surface area (Å²) in [4.78, 5) is 17.2. The fourth-order valence-electron chi connectivity index (χ4n) is 3.21. The number of rotatable bonds is 5. The van der Waals surface area contributed by atoms with Crippen LogP contribution < -0.4 is 24.7 Å². The third kappa shape index (κ3) is 3.18. The second kappa shape index (κ2) is 6.87. The van der Waals surface area contributed by atoms with Gasteiger partial charge in [0.2, 0.25) is 12.4 Å². The van der Waals surface area contributed by atoms with Crippen LogP contribution in [-0.2, 0) is 0 Å². The van der Waals surface area contributed by atoms with Crippen molar-refractivity contribution in [1.29, 1.82) is 0 Å². The number of aromatic nitrogens is 1. The fourth-order valence-corrected chi connectivity index (χ4v) is 3.21. The molecule has 4 rings (SSSR count). The van der Waals surface area contributed by atoms with Crippen LogP contribution in [0.4, 0.5) is 5.69 Å². The predicted molar refractivity (Wildman–Crippen MR) is 106 cm³/mol. The molecule has 1 aromatic heterocycles. The van der Waals surface area contributed by atoms with Gasteiger partial charge >= 0.3 is 0 Å². The number of H-pyrrole nitrogens is 1. The van der Waals surface area contributed by atoms with Gasteiger partial charge in [0.05, 0.1) is 12.1 Å². The zero-order valence-corrected chi connectivity index (χ0v) is 15.7. The zero-order chi connectivity index (χ0) is 19.0. The van der Waals surface area contributed by atoms with E-state index in [4.69, 9.17) is 14.2 Å². The summed E-state index contributed by atoms with van der Waals surface area (Å²) in [6.07, 6.45) is 0.903. The highest BCUT2D eigenvalue weighted by molar-refractivity contribution is 5.98. The number of aromatic amines is 1. The van der Waals surface area contributed by atoms with Gasteiger partial charge in [-0.2, -0.15) is 0 Å². The van der Waals surface area contributed by atoms with Crippen LogP contribution in [0.3, 0.4) is 0 Å². The van der Waals surface area contributed by atoms with Crippen LogP contribution >= 0.6 is 0 Å². The molecule has 0 spiro atoms. The lowest BCUT2D eigenvalue weighted by Crippen LogP contribution is -2.09. The van der Waals surface area contributed by atoms with Gasteiger partial charge in [0.25, 0.3) is 0 Å². The molecule has 3 aromatic rings. The van der Waals surface area contributed by atoms with Crippen molar-refractivity contribution >= 4 is 16.6 Å². The average Bonchev–Trinajstić information content (AvgIpc) is 3.11. The van der Waals surface area contributed by atoms with Gasteiger partial charge in [-0.3, -0.25) is 4.79 Å². The Kier molecular flexibility index (Phi) is 4.39. The molecule has 0 saturated heterocycles. The molecule has 6 nitrogen and oxygen atoms in total. The first-order chi connectivity index (χ1) is 13.1. The van der Waals surface area contributed by atoms with Crippen molar-refractivity contribution in [2.45, 2.75) is 13.3 Å². The number of benzene rings is 2. The summed E-state index contributed by atoms with van der Waals surface area (Å²) < 4.78 is 17.0. The van der Waals surface area contributed by atoms with Crippen LogP contribution in [0.15, 0.2) is 41.2 Å². The van der Waals surface area contributed by atoms with E-state index in [1.165, 1.54) is 0 Å². The van der Waals surface area contributed by atoms with Gasteiger partial charge in [-0.15, -0.1) is 0 Å². The minimum absolute atomic E-state index is 0.172. The molecule has 0 saturated carbocycles. The van der Waals surface area contributed by atoms with Crippen molar-refractivity contribution in [3.63, 3.8) is 0 Å². The molecule has 6 heteroatoms. The summed E-state index contributed by atoms with van der Waals surface area (Å²) in [6, 6.07) is 11.3. The maximum atomic E-state index is 12.3. The monoisotopic (exact) mass is 366 g/mol. The minimum atomic E-state index is -0.172. The number of pyridine rings is 1. The van der Waals surface area contributed by atoms with Crippen LogP contribution in [-0.4, -0.2) is 32.5 Å². The molecule has 1 aliphatic rings. The number of nitrogens with zero attached hydrogens (tertiary/aromatic N) is 1. The average molecular weight is 366 g/mol. The van der Waals surface area contributed by atoms with Crippen molar-refractivity contribution in [1.82, 2.24) is 4.98 Å². The Labute approximate surface area is 157 Å². The molecule has 0 atom stereocenters. The first-order valence-electron chi connectivity index (χ1n) is 8.98. The van der Waals surface area contributed by atoms with Crippen LogP contribution in [0.1, 0.15) is 13.3 Å². The van der Waals surface area contributed by atoms with E-state index < -0.39 is 0 Å². The molecule has 2 heterocycles. The van der Waals surface area contributed by atoms with Crippen molar-refractivity contribution in [3.8, 4) is 28.4 Å². The minimum Gasteiger partial charge on any atom is -0.493 e. The van der Waals surface area contributed by atoms with Crippen LogP contribution in [0.2, 0.25) is 0 Å². The summed E-state index contributed by atoms with van der Waals surface area (Å²) in [7, 11) is 3.98. The highest BCUT2D eigenvalue weighted by atomic mass is 16.7. The fraction of sp³-hybridized carbons (Fsp3) is 0.286. The normalized spacial score (nSPS) is 12.4. The first-order valence-corrected chi connectivity index (χ1v) is 8.98. The van der Waals surface area contributed by atoms with Crippen molar-refractivity contribution in [3.05, 3.63) is 46.8 Å². The smallest absolute Gasteiger partial charge is 0.249 e. The molecule has 27 heavy (non-hydrogen) atoms. The van der Waals surface area contributed by atoms with E-state index in [0.29, 0.717) is 23.6 Å². The molecule has 0 bridgehead atoms. The summed E-state index contributed by atoms with van der Waals surface area (Å²) in [5, 5.41) is 0.887. The van der Waals surface area contributed by atoms with Crippen molar-refractivity contribution in [2.75, 3.05) is 32.4 Å². The topological polar surface area (TPSA) is 63.8 Å². The largest absolute Gasteiger partial charge is 0.493 e. The number of hydrogen-bond acceptors (Lipinski definition) is 5. The number of anilines is 1. The molecule has 1 aliphatic heterocycles. The predicted octanol–water partition coefficient (Wildman–Crippen LogP) is 3.78. The van der Waals surface area contributed by atoms with Gasteiger partial charge in [-0.25, -0.2) is 0 Å². The molecule has 0 aliphatic carbocycles. The van der Waals surface area contributed by atoms with Gasteiger partial charge in [0, 0.05) is 54.5 Å². The Balaban J connectivity index is 1.94. The lowest BCUT2D eigenvalue weighted by molar-refractivity contribution is 0.174. The van der Waals surface area contributed by atoms with Gasteiger partial charge < -0.3 is 24.1 Å². The Morgan fingerprint density at radius 3 is 2.59 bits per heavy atom. The van der Waals surface area contributed by atoms with E-state index in [1.54, 1.807) is 6.07 Å². The van der Waals surface area contributed by atoms with Crippen LogP contribution in [0.5, 0.6) is 17.2 Å². The summed E-state index contributed by atoms with van der Waals surface area (Å²) in [5.74, 6) is 2.07. The molecule has 0 amide bonds. The Morgan fingerprint density at radius 1 is 1.07 bits per heavy atom. The summed E-state index contributed by atoms with van der Waals surface area (Å²) >= 11 is 0. The third-order valence-corrected chi connectivity index (χ3v) is 4.57. The second-order valence-electron chi connectivity index (χ2n) is 6.72. The Hall–Kier alpha value is -3.15. The Bertz CT molecular complexity index is 1060. The lowest BCUT2D eigenvalue weighted by atomic mass is 9.99. The molecule has 0 fully saturated rings. The van der Waals surface area contributed by atoms with Crippen molar-refractivity contribution in [2.24, 2.45) is 0 Å². The first kappa shape index (κ1) is 17.3. The van der Waals surface area contributed by atoms with Crippen LogP contribution in [0.25, 0.3) is 22.0 Å². The van der Waals surface area contributed by atoms with E-state index >= 15 is 0 Å². The van der Waals surface area contributed by atoms with E-state index in [9.17, 15) is 4.79 Å². The molecule has 1 N–H and O–H groups in total. The lowest BCUT2D eigenvalue weighted by Gasteiger charge is -2.18. The summed E-state index contributed by atoms with van der Waals surface area (Å²) in [6.45, 7) is 2.86. The molecule has 140 valence electrons. The standard InChI is InChI=1S/C21H22N2O4/c1-4-7-25-18-8-13(23(2)3)5-6-14(18)15-10-21(24)22-17-11-20-19(9-16(15)17)26-12-27-20/h5-6,8-11H,4,7,12H2,1-3H3,(H,22,24). The highest BCUT2D eigenvalue weighted by Gasteiger charge is 2.19. The number of nitrogens with one attached hydrogen (secondary N) is 1. The van der Waals surface area contributed by atoms with E-state index in [2.05, 4.69) is 11.9 Å². The van der Waals surface area contributed by atoms with E-state index in [0.717, 1.165) is 34.4 Å². The number of ether oxygens (including phenoxy) is 3. The second-order valence-corrected chi connectivity index (χ2v) is 6.72. The van der Waals surface area contributed by atoms with Gasteiger partial charge in [-0.05, 0) is 24.6 Å². The van der Waals surface area contributed by atoms with Gasteiger partial charge in [0.1, 0.15) is 5.75 Å².